The molecule has 128 valence electrons. The van der Waals surface area contributed by atoms with Crippen LogP contribution in [-0.4, -0.2) is 40.4 Å². The van der Waals surface area contributed by atoms with Crippen LogP contribution in [0.5, 0.6) is 0 Å². The Bertz CT molecular complexity index is 629. The number of Topliss-reactive ketones (excluding diaryl/α,β-unsaturated/α-hetero) is 1. The van der Waals surface area contributed by atoms with Gasteiger partial charge < -0.3 is 5.11 Å². The highest BCUT2D eigenvalue weighted by Gasteiger charge is 2.52. The van der Waals surface area contributed by atoms with Crippen molar-refractivity contribution >= 4 is 11.8 Å². The van der Waals surface area contributed by atoms with Gasteiger partial charge in [0.25, 0.3) is 0 Å². The van der Waals surface area contributed by atoms with Crippen molar-refractivity contribution in [3.8, 4) is 0 Å². The van der Waals surface area contributed by atoms with E-state index < -0.39 is 12.0 Å². The van der Waals surface area contributed by atoms with Gasteiger partial charge in [0.2, 0.25) is 0 Å². The molecule has 4 heteroatoms. The quantitative estimate of drug-likeness (QED) is 0.924. The Kier molecular flexibility index (Phi) is 4.17. The average Bonchev–Trinajstić information content (AvgIpc) is 3.06. The molecule has 1 N–H and O–H groups in total. The van der Waals surface area contributed by atoms with Crippen molar-refractivity contribution in [1.82, 2.24) is 4.90 Å². The lowest BCUT2D eigenvalue weighted by Gasteiger charge is -2.52. The molecular weight excluding hydrogens is 302 g/mol. The molecule has 4 nitrogen and oxygen atoms in total. The second-order valence-electron chi connectivity index (χ2n) is 7.69. The zero-order valence-electron chi connectivity index (χ0n) is 13.9. The second kappa shape index (κ2) is 6.32. The molecular formula is C20H25NO3. The zero-order chi connectivity index (χ0) is 16.7. The van der Waals surface area contributed by atoms with E-state index in [9.17, 15) is 14.7 Å². The van der Waals surface area contributed by atoms with E-state index in [1.54, 1.807) is 0 Å². The predicted molar refractivity (Wildman–Crippen MR) is 90.6 cm³/mol. The van der Waals surface area contributed by atoms with Crippen molar-refractivity contribution in [2.45, 2.75) is 50.6 Å². The average molecular weight is 327 g/mol. The lowest BCUT2D eigenvalue weighted by Crippen LogP contribution is -2.59. The summed E-state index contributed by atoms with van der Waals surface area (Å²) < 4.78 is 0. The number of ketones is 1. The number of likely N-dealkylation sites (tertiary alicyclic amines) is 1. The molecule has 1 aromatic carbocycles. The smallest absolute Gasteiger partial charge is 0.320 e. The molecule has 3 aliphatic carbocycles. The molecule has 2 bridgehead atoms. The van der Waals surface area contributed by atoms with Crippen LogP contribution in [0.3, 0.4) is 0 Å². The summed E-state index contributed by atoms with van der Waals surface area (Å²) in [6.45, 7) is 0.823. The standard InChI is InChI=1S/C20H25NO3/c22-18-12-14-8-9-15(18)19(21-10-4-7-17(21)20(23)24)16(14)11-13-5-2-1-3-6-13/h1-3,5-6,14-17,19H,4,7-12H2,(H,23,24)/t14-,15-,16?,17-,19?/m0/s1. The van der Waals surface area contributed by atoms with Crippen LogP contribution in [0.25, 0.3) is 0 Å². The van der Waals surface area contributed by atoms with Crippen LogP contribution >= 0.6 is 0 Å². The van der Waals surface area contributed by atoms with Crippen molar-refractivity contribution in [2.75, 3.05) is 6.54 Å². The number of nitrogens with zero attached hydrogens (tertiary/aromatic N) is 1. The fourth-order valence-corrected chi connectivity index (χ4v) is 5.43. The van der Waals surface area contributed by atoms with Gasteiger partial charge in [0, 0.05) is 18.4 Å². The maximum atomic E-state index is 12.5. The number of carbonyl (C=O) groups is 2. The van der Waals surface area contributed by atoms with Crippen molar-refractivity contribution in [2.24, 2.45) is 17.8 Å². The molecule has 5 atom stereocenters. The molecule has 1 heterocycles. The van der Waals surface area contributed by atoms with Gasteiger partial charge in [-0.15, -0.1) is 0 Å². The number of carboxylic acids is 1. The molecule has 0 spiro atoms. The van der Waals surface area contributed by atoms with Crippen LogP contribution in [0.2, 0.25) is 0 Å². The van der Waals surface area contributed by atoms with Gasteiger partial charge in [-0.1, -0.05) is 30.3 Å². The summed E-state index contributed by atoms with van der Waals surface area (Å²) in [6.07, 6.45) is 5.37. The summed E-state index contributed by atoms with van der Waals surface area (Å²) in [6, 6.07) is 10.2. The van der Waals surface area contributed by atoms with Gasteiger partial charge in [-0.2, -0.15) is 0 Å². The van der Waals surface area contributed by atoms with Gasteiger partial charge in [0.1, 0.15) is 11.8 Å². The molecule has 0 radical (unpaired) electrons. The number of carboxylic acid groups (broad SMARTS) is 1. The second-order valence-corrected chi connectivity index (χ2v) is 7.69. The minimum atomic E-state index is -0.722. The van der Waals surface area contributed by atoms with Crippen LogP contribution in [0.15, 0.2) is 30.3 Å². The van der Waals surface area contributed by atoms with Gasteiger partial charge in [-0.3, -0.25) is 14.5 Å². The number of carbonyl (C=O) groups excluding carboxylic acids is 1. The number of rotatable bonds is 4. The maximum Gasteiger partial charge on any atom is 0.320 e. The molecule has 24 heavy (non-hydrogen) atoms. The molecule has 4 fully saturated rings. The first kappa shape index (κ1) is 15.8. The molecule has 4 aliphatic rings. The number of benzene rings is 1. The normalized spacial score (nSPS) is 36.2. The van der Waals surface area contributed by atoms with E-state index in [4.69, 9.17) is 0 Å². The fourth-order valence-electron chi connectivity index (χ4n) is 5.43. The molecule has 5 rings (SSSR count). The number of fused-ring (bicyclic) bond motifs is 3. The third-order valence-corrected chi connectivity index (χ3v) is 6.46. The predicted octanol–water partition coefficient (Wildman–Crippen LogP) is 2.76. The topological polar surface area (TPSA) is 57.6 Å². The summed E-state index contributed by atoms with van der Waals surface area (Å²) in [5.74, 6) is 0.520. The molecule has 1 saturated heterocycles. The number of hydrogen-bond donors (Lipinski definition) is 1. The molecule has 2 unspecified atom stereocenters. The maximum absolute atomic E-state index is 12.5. The summed E-state index contributed by atoms with van der Waals surface area (Å²) >= 11 is 0. The first-order chi connectivity index (χ1) is 11.6. The van der Waals surface area contributed by atoms with E-state index in [1.165, 1.54) is 5.56 Å². The lowest BCUT2D eigenvalue weighted by molar-refractivity contribution is -0.150. The molecule has 3 saturated carbocycles. The van der Waals surface area contributed by atoms with Crippen molar-refractivity contribution in [1.29, 1.82) is 0 Å². The Morgan fingerprint density at radius 2 is 1.96 bits per heavy atom. The van der Waals surface area contributed by atoms with Gasteiger partial charge in [0.15, 0.2) is 0 Å². The minimum Gasteiger partial charge on any atom is -0.480 e. The van der Waals surface area contributed by atoms with E-state index in [0.717, 1.165) is 38.6 Å². The van der Waals surface area contributed by atoms with Crippen LogP contribution in [0.1, 0.15) is 37.7 Å². The molecule has 0 aromatic heterocycles. The van der Waals surface area contributed by atoms with Crippen LogP contribution in [0.4, 0.5) is 0 Å². The Morgan fingerprint density at radius 1 is 1.17 bits per heavy atom. The van der Waals surface area contributed by atoms with Gasteiger partial charge in [-0.25, -0.2) is 0 Å². The summed E-state index contributed by atoms with van der Waals surface area (Å²) in [7, 11) is 0. The third kappa shape index (κ3) is 2.67. The van der Waals surface area contributed by atoms with E-state index in [-0.39, 0.29) is 12.0 Å². The SMILES string of the molecule is O=C1C[C@@H]2CC[C@@H]1C(N1CCC[C@H]1C(=O)O)C2Cc1ccccc1. The highest BCUT2D eigenvalue weighted by atomic mass is 16.4. The van der Waals surface area contributed by atoms with Crippen LogP contribution in [0, 0.1) is 17.8 Å². The Balaban J connectivity index is 1.64. The molecule has 0 amide bonds. The van der Waals surface area contributed by atoms with Crippen molar-refractivity contribution in [3.05, 3.63) is 35.9 Å². The van der Waals surface area contributed by atoms with E-state index in [0.29, 0.717) is 24.0 Å². The van der Waals surface area contributed by atoms with Crippen LogP contribution in [-0.2, 0) is 16.0 Å². The van der Waals surface area contributed by atoms with Gasteiger partial charge in [0.05, 0.1) is 0 Å². The first-order valence-corrected chi connectivity index (χ1v) is 9.20. The number of aliphatic carboxylic acids is 1. The lowest BCUT2D eigenvalue weighted by atomic mass is 9.59. The number of hydrogen-bond acceptors (Lipinski definition) is 3. The Labute approximate surface area is 142 Å². The van der Waals surface area contributed by atoms with E-state index in [2.05, 4.69) is 29.2 Å². The first-order valence-electron chi connectivity index (χ1n) is 9.20. The van der Waals surface area contributed by atoms with Crippen LogP contribution < -0.4 is 0 Å². The van der Waals surface area contributed by atoms with Gasteiger partial charge >= 0.3 is 5.97 Å². The van der Waals surface area contributed by atoms with E-state index >= 15 is 0 Å². The Morgan fingerprint density at radius 3 is 2.67 bits per heavy atom. The molecule has 1 aliphatic heterocycles. The third-order valence-electron chi connectivity index (χ3n) is 6.46. The highest BCUT2D eigenvalue weighted by molar-refractivity contribution is 5.84. The van der Waals surface area contributed by atoms with Crippen molar-refractivity contribution < 1.29 is 14.7 Å². The molecule has 1 aromatic rings. The summed E-state index contributed by atoms with van der Waals surface area (Å²) in [5.41, 5.74) is 1.30. The van der Waals surface area contributed by atoms with E-state index in [1.807, 2.05) is 6.07 Å². The minimum absolute atomic E-state index is 0.0451. The fraction of sp³-hybridized carbons (Fsp3) is 0.600. The van der Waals surface area contributed by atoms with Gasteiger partial charge in [-0.05, 0) is 56.0 Å². The highest BCUT2D eigenvalue weighted by Crippen LogP contribution is 2.48. The monoisotopic (exact) mass is 327 g/mol. The zero-order valence-corrected chi connectivity index (χ0v) is 13.9. The Hall–Kier alpha value is -1.68. The largest absolute Gasteiger partial charge is 0.480 e. The van der Waals surface area contributed by atoms with Crippen molar-refractivity contribution in [3.63, 3.8) is 0 Å². The summed E-state index contributed by atoms with van der Waals surface area (Å²) in [5, 5.41) is 9.60. The summed E-state index contributed by atoms with van der Waals surface area (Å²) in [4.78, 5) is 26.4.